The Hall–Kier alpha value is -2.20. The predicted molar refractivity (Wildman–Crippen MR) is 157 cm³/mol. The van der Waals surface area contributed by atoms with Gasteiger partial charge in [-0.3, -0.25) is 0 Å². The van der Waals surface area contributed by atoms with Crippen LogP contribution < -0.4 is 11.5 Å². The number of hydrogen-bond acceptors (Lipinski definition) is 8. The monoisotopic (exact) mass is 568 g/mol. The van der Waals surface area contributed by atoms with Crippen LogP contribution in [0.25, 0.3) is 0 Å². The summed E-state index contributed by atoms with van der Waals surface area (Å²) in [7, 11) is 3.41. The van der Waals surface area contributed by atoms with E-state index in [-0.39, 0.29) is 0 Å². The number of benzene rings is 2. The Labute approximate surface area is 237 Å². The molecule has 0 aliphatic rings. The predicted octanol–water partition coefficient (Wildman–Crippen LogP) is 5.67. The molecule has 2 aromatic rings. The first-order chi connectivity index (χ1) is 18.5. The van der Waals surface area contributed by atoms with Gasteiger partial charge in [0, 0.05) is 50.6 Å². The molecule has 0 amide bonds. The summed E-state index contributed by atoms with van der Waals surface area (Å²) in [4.78, 5) is 10.4. The highest BCUT2D eigenvalue weighted by Gasteiger charge is 2.06. The van der Waals surface area contributed by atoms with Crippen LogP contribution in [0.2, 0.25) is 10.0 Å². The maximum absolute atomic E-state index is 5.88. The molecule has 0 unspecified atom stereocenters. The van der Waals surface area contributed by atoms with Crippen LogP contribution in [0.3, 0.4) is 0 Å². The van der Waals surface area contributed by atoms with Crippen LogP contribution in [0.4, 0.5) is 0 Å². The third kappa shape index (κ3) is 15.9. The minimum absolute atomic E-state index is 0.426. The van der Waals surface area contributed by atoms with Crippen LogP contribution in [0, 0.1) is 0 Å². The minimum atomic E-state index is 0.426. The average molecular weight is 570 g/mol. The van der Waals surface area contributed by atoms with Gasteiger partial charge in [0.2, 0.25) is 0 Å². The highest BCUT2D eigenvalue weighted by Crippen LogP contribution is 2.15. The molecule has 0 atom stereocenters. The maximum Gasteiger partial charge on any atom is 0.129 e. The van der Waals surface area contributed by atoms with Gasteiger partial charge in [-0.1, -0.05) is 57.8 Å². The molecular formula is C28H42Cl2N4O4. The Bertz CT molecular complexity index is 835. The molecule has 0 heterocycles. The molecule has 2 rings (SSSR count). The molecule has 0 saturated carbocycles. The molecule has 0 saturated heterocycles. The number of nitrogens with two attached hydrogens (primary N) is 2. The number of methoxy groups -OCH3 is 2. The summed E-state index contributed by atoms with van der Waals surface area (Å²) >= 11 is 11.8. The standard InChI is InChI=1S/2C14H21ClN2O2/c2*1-18-10-3-2-4-14(17-19-11-9-16)12-5-7-13(15)8-6-12/h2*5-8H,2-4,9-11,16H2,1H3/b2*17-14+. The van der Waals surface area contributed by atoms with Gasteiger partial charge in [0.1, 0.15) is 13.2 Å². The Kier molecular flexibility index (Phi) is 20.3. The molecule has 8 nitrogen and oxygen atoms in total. The van der Waals surface area contributed by atoms with E-state index in [0.717, 1.165) is 74.3 Å². The first-order valence-electron chi connectivity index (χ1n) is 12.8. The van der Waals surface area contributed by atoms with Gasteiger partial charge in [-0.05, 0) is 73.9 Å². The topological polar surface area (TPSA) is 114 Å². The van der Waals surface area contributed by atoms with Crippen molar-refractivity contribution in [3.63, 3.8) is 0 Å². The molecule has 0 spiro atoms. The average Bonchev–Trinajstić information content (AvgIpc) is 2.93. The zero-order valence-corrected chi connectivity index (χ0v) is 24.1. The van der Waals surface area contributed by atoms with E-state index in [2.05, 4.69) is 10.3 Å². The summed E-state index contributed by atoms with van der Waals surface area (Å²) in [5, 5.41) is 9.75. The Balaban J connectivity index is 0.000000380. The molecule has 38 heavy (non-hydrogen) atoms. The van der Waals surface area contributed by atoms with E-state index in [1.807, 2.05) is 48.5 Å². The van der Waals surface area contributed by atoms with Gasteiger partial charge in [0.05, 0.1) is 11.4 Å². The van der Waals surface area contributed by atoms with E-state index in [4.69, 9.17) is 53.8 Å². The number of unbranched alkanes of at least 4 members (excludes halogenated alkanes) is 2. The van der Waals surface area contributed by atoms with E-state index in [9.17, 15) is 0 Å². The number of halogens is 2. The van der Waals surface area contributed by atoms with Crippen molar-refractivity contribution in [1.82, 2.24) is 0 Å². The fourth-order valence-electron chi connectivity index (χ4n) is 3.20. The van der Waals surface area contributed by atoms with Crippen LogP contribution in [-0.2, 0) is 19.1 Å². The summed E-state index contributed by atoms with van der Waals surface area (Å²) in [6.45, 7) is 3.29. The Morgan fingerprint density at radius 2 is 0.974 bits per heavy atom. The molecule has 10 heteroatoms. The van der Waals surface area contributed by atoms with Gasteiger partial charge >= 0.3 is 0 Å². The lowest BCUT2D eigenvalue weighted by atomic mass is 10.1. The van der Waals surface area contributed by atoms with Crippen molar-refractivity contribution in [1.29, 1.82) is 0 Å². The summed E-state index contributed by atoms with van der Waals surface area (Å²) in [5.41, 5.74) is 14.7. The second-order valence-corrected chi connectivity index (χ2v) is 9.11. The highest BCUT2D eigenvalue weighted by molar-refractivity contribution is 6.31. The van der Waals surface area contributed by atoms with Crippen LogP contribution in [0.15, 0.2) is 58.8 Å². The molecule has 0 aromatic heterocycles. The first kappa shape index (κ1) is 33.8. The van der Waals surface area contributed by atoms with Crippen molar-refractivity contribution in [3.8, 4) is 0 Å². The second-order valence-electron chi connectivity index (χ2n) is 8.23. The molecule has 0 bridgehead atoms. The van der Waals surface area contributed by atoms with Crippen molar-refractivity contribution in [2.45, 2.75) is 38.5 Å². The second kappa shape index (κ2) is 22.8. The fourth-order valence-corrected chi connectivity index (χ4v) is 3.45. The van der Waals surface area contributed by atoms with Gasteiger partial charge in [-0.25, -0.2) is 0 Å². The van der Waals surface area contributed by atoms with Crippen molar-refractivity contribution < 1.29 is 19.1 Å². The fraction of sp³-hybridized carbons (Fsp3) is 0.500. The summed E-state index contributed by atoms with van der Waals surface area (Å²) in [5.74, 6) is 0. The molecule has 0 aliphatic heterocycles. The molecule has 4 N–H and O–H groups in total. The highest BCUT2D eigenvalue weighted by atomic mass is 35.5. The number of oxime groups is 2. The smallest absolute Gasteiger partial charge is 0.129 e. The Morgan fingerprint density at radius 1 is 0.605 bits per heavy atom. The largest absolute Gasteiger partial charge is 0.394 e. The lowest BCUT2D eigenvalue weighted by Crippen LogP contribution is -2.08. The van der Waals surface area contributed by atoms with Gasteiger partial charge in [0.15, 0.2) is 0 Å². The normalized spacial score (nSPS) is 11.6. The number of ether oxygens (including phenoxy) is 2. The van der Waals surface area contributed by atoms with Crippen molar-refractivity contribution in [3.05, 3.63) is 69.7 Å². The van der Waals surface area contributed by atoms with E-state index >= 15 is 0 Å². The summed E-state index contributed by atoms with van der Waals surface area (Å²) in [6.07, 6.45) is 5.69. The quantitative estimate of drug-likeness (QED) is 0.136. The Morgan fingerprint density at radius 3 is 1.29 bits per heavy atom. The lowest BCUT2D eigenvalue weighted by Gasteiger charge is -2.07. The SMILES string of the molecule is COCCCC/C(=N\OCCN)c1ccc(Cl)cc1.COCCCC/C(=N\OCCN)c1ccc(Cl)cc1. The van der Waals surface area contributed by atoms with Crippen LogP contribution >= 0.6 is 23.2 Å². The van der Waals surface area contributed by atoms with E-state index in [0.29, 0.717) is 36.3 Å². The van der Waals surface area contributed by atoms with Crippen molar-refractivity contribution in [2.75, 3.05) is 53.7 Å². The minimum Gasteiger partial charge on any atom is -0.394 e. The maximum atomic E-state index is 5.88. The van der Waals surface area contributed by atoms with Crippen LogP contribution in [-0.4, -0.2) is 65.2 Å². The van der Waals surface area contributed by atoms with Gasteiger partial charge in [0.25, 0.3) is 0 Å². The molecule has 0 fully saturated rings. The van der Waals surface area contributed by atoms with E-state index in [1.54, 1.807) is 14.2 Å². The summed E-state index contributed by atoms with van der Waals surface area (Å²) < 4.78 is 10.1. The van der Waals surface area contributed by atoms with E-state index in [1.165, 1.54) is 0 Å². The molecular weight excluding hydrogens is 527 g/mol. The molecule has 0 radical (unpaired) electrons. The number of rotatable bonds is 18. The first-order valence-corrected chi connectivity index (χ1v) is 13.6. The van der Waals surface area contributed by atoms with E-state index < -0.39 is 0 Å². The van der Waals surface area contributed by atoms with Gasteiger partial charge in [-0.15, -0.1) is 0 Å². The zero-order valence-electron chi connectivity index (χ0n) is 22.5. The molecule has 2 aromatic carbocycles. The van der Waals surface area contributed by atoms with Gasteiger partial charge in [-0.2, -0.15) is 0 Å². The third-order valence-electron chi connectivity index (χ3n) is 5.15. The van der Waals surface area contributed by atoms with Gasteiger partial charge < -0.3 is 30.6 Å². The lowest BCUT2D eigenvalue weighted by molar-refractivity contribution is 0.151. The van der Waals surface area contributed by atoms with Crippen LogP contribution in [0.5, 0.6) is 0 Å². The molecule has 0 aliphatic carbocycles. The van der Waals surface area contributed by atoms with Crippen LogP contribution in [0.1, 0.15) is 49.7 Å². The number of nitrogens with zero attached hydrogens (tertiary/aromatic N) is 2. The van der Waals surface area contributed by atoms with Crippen molar-refractivity contribution >= 4 is 34.6 Å². The number of hydrogen-bond donors (Lipinski definition) is 2. The summed E-state index contributed by atoms with van der Waals surface area (Å²) in [6, 6.07) is 15.2. The zero-order chi connectivity index (χ0) is 27.8. The van der Waals surface area contributed by atoms with Crippen molar-refractivity contribution in [2.24, 2.45) is 21.8 Å². The molecule has 212 valence electrons. The third-order valence-corrected chi connectivity index (χ3v) is 5.65.